The number of aromatic nitrogens is 1. The van der Waals surface area contributed by atoms with E-state index in [0.717, 1.165) is 15.8 Å². The van der Waals surface area contributed by atoms with E-state index in [2.05, 4.69) is 22.8 Å². The van der Waals surface area contributed by atoms with E-state index < -0.39 is 10.0 Å². The summed E-state index contributed by atoms with van der Waals surface area (Å²) in [7, 11) is -3.80. The molecule has 178 valence electrons. The average Bonchev–Trinajstić information content (AvgIpc) is 3.58. The zero-order valence-corrected chi connectivity index (χ0v) is 21.3. The number of hydrogen-bond acceptors (Lipinski definition) is 7. The van der Waals surface area contributed by atoms with Gasteiger partial charge in [0.25, 0.3) is 0 Å². The summed E-state index contributed by atoms with van der Waals surface area (Å²) >= 11 is 4.85. The van der Waals surface area contributed by atoms with Crippen molar-refractivity contribution in [3.05, 3.63) is 61.2 Å². The molecule has 3 aromatic rings. The molecule has 0 spiro atoms. The van der Waals surface area contributed by atoms with Crippen LogP contribution in [0.3, 0.4) is 0 Å². The van der Waals surface area contributed by atoms with Gasteiger partial charge in [0.15, 0.2) is 0 Å². The molecule has 11 heteroatoms. The Kier molecular flexibility index (Phi) is 5.53. The number of nitrogens with zero attached hydrogens (tertiary/aromatic N) is 1. The predicted octanol–water partition coefficient (Wildman–Crippen LogP) is 3.91. The molecule has 3 N–H and O–H groups in total. The Morgan fingerprint density at radius 2 is 1.91 bits per heavy atom. The van der Waals surface area contributed by atoms with E-state index in [0.29, 0.717) is 22.8 Å². The second kappa shape index (κ2) is 8.34. The minimum absolute atomic E-state index is 0.0231. The van der Waals surface area contributed by atoms with E-state index in [4.69, 9.17) is 5.14 Å². The molecule has 3 aliphatic rings. The number of carbonyl (C=O) groups excluding carboxylic acids is 1. The number of thioether (sulfide) groups is 1. The van der Waals surface area contributed by atoms with E-state index in [9.17, 15) is 18.0 Å². The third-order valence-electron chi connectivity index (χ3n) is 7.31. The van der Waals surface area contributed by atoms with E-state index >= 15 is 0 Å². The van der Waals surface area contributed by atoms with Crippen LogP contribution in [-0.2, 0) is 21.4 Å². The van der Waals surface area contributed by atoms with Crippen molar-refractivity contribution in [3.8, 4) is 0 Å². The molecule has 34 heavy (non-hydrogen) atoms. The van der Waals surface area contributed by atoms with Crippen molar-refractivity contribution >= 4 is 56.1 Å². The zero-order chi connectivity index (χ0) is 23.6. The first-order chi connectivity index (χ1) is 16.3. The Morgan fingerprint density at radius 3 is 2.62 bits per heavy atom. The van der Waals surface area contributed by atoms with Gasteiger partial charge in [-0.1, -0.05) is 17.4 Å². The summed E-state index contributed by atoms with van der Waals surface area (Å²) in [5, 5.41) is 11.4. The van der Waals surface area contributed by atoms with Gasteiger partial charge in [0, 0.05) is 26.6 Å². The minimum atomic E-state index is -3.80. The number of carbonyl (C=O) groups is 1. The van der Waals surface area contributed by atoms with Gasteiger partial charge in [-0.15, -0.1) is 23.1 Å². The molecule has 3 heterocycles. The molecule has 1 amide bonds. The van der Waals surface area contributed by atoms with Crippen molar-refractivity contribution in [1.29, 1.82) is 0 Å². The third-order valence-corrected chi connectivity index (χ3v) is 12.0. The number of sulfonamides is 1. The summed E-state index contributed by atoms with van der Waals surface area (Å²) < 4.78 is 24.5. The van der Waals surface area contributed by atoms with Crippen LogP contribution in [-0.4, -0.2) is 24.1 Å². The first kappa shape index (κ1) is 22.5. The van der Waals surface area contributed by atoms with E-state index in [1.165, 1.54) is 59.7 Å². The molecule has 2 fully saturated rings. The van der Waals surface area contributed by atoms with Gasteiger partial charge < -0.3 is 5.32 Å². The van der Waals surface area contributed by atoms with Crippen molar-refractivity contribution in [2.75, 3.05) is 5.32 Å². The van der Waals surface area contributed by atoms with Gasteiger partial charge in [0.1, 0.15) is 6.54 Å². The van der Waals surface area contributed by atoms with Gasteiger partial charge in [-0.25, -0.2) is 13.6 Å². The van der Waals surface area contributed by atoms with Gasteiger partial charge in [-0.05, 0) is 72.7 Å². The molecule has 1 aliphatic heterocycles. The van der Waals surface area contributed by atoms with Crippen LogP contribution in [0.15, 0.2) is 56.5 Å². The monoisotopic (exact) mass is 533 g/mol. The lowest BCUT2D eigenvalue weighted by atomic mass is 9.77. The summed E-state index contributed by atoms with van der Waals surface area (Å²) in [5.41, 5.74) is 0.451. The summed E-state index contributed by atoms with van der Waals surface area (Å²) in [6, 6.07) is 9.94. The van der Waals surface area contributed by atoms with Gasteiger partial charge >= 0.3 is 4.87 Å². The Morgan fingerprint density at radius 1 is 1.15 bits per heavy atom. The van der Waals surface area contributed by atoms with Crippen LogP contribution in [0.1, 0.15) is 34.9 Å². The number of primary sulfonamides is 1. The second-order valence-electron chi connectivity index (χ2n) is 9.23. The molecule has 6 rings (SSSR count). The summed E-state index contributed by atoms with van der Waals surface area (Å²) in [6.07, 6.45) is 3.82. The van der Waals surface area contributed by atoms with Gasteiger partial charge in [0.2, 0.25) is 15.9 Å². The second-order valence-corrected chi connectivity index (χ2v) is 13.9. The number of nitrogens with one attached hydrogen (secondary N) is 1. The van der Waals surface area contributed by atoms with Crippen LogP contribution < -0.4 is 15.3 Å². The molecule has 5 atom stereocenters. The Labute approximate surface area is 209 Å². The third kappa shape index (κ3) is 3.78. The van der Waals surface area contributed by atoms with Crippen LogP contribution in [0.25, 0.3) is 0 Å². The number of rotatable bonds is 5. The number of thiazole rings is 1. The van der Waals surface area contributed by atoms with Gasteiger partial charge in [0.05, 0.1) is 9.92 Å². The van der Waals surface area contributed by atoms with Gasteiger partial charge in [-0.3, -0.25) is 14.2 Å². The molecule has 2 bridgehead atoms. The number of thiophene rings is 1. The predicted molar refractivity (Wildman–Crippen MR) is 135 cm³/mol. The maximum Gasteiger partial charge on any atom is 0.308 e. The first-order valence-electron chi connectivity index (χ1n) is 11.2. The quantitative estimate of drug-likeness (QED) is 0.517. The molecule has 2 aliphatic carbocycles. The Hall–Kier alpha value is -1.92. The highest BCUT2D eigenvalue weighted by Gasteiger charge is 2.55. The normalized spacial score (nSPS) is 27.4. The highest BCUT2D eigenvalue weighted by atomic mass is 32.2. The maximum atomic E-state index is 13.1. The Bertz CT molecular complexity index is 1410. The molecule has 1 aromatic carbocycles. The molecular formula is C23H23N3O4S4. The van der Waals surface area contributed by atoms with Crippen molar-refractivity contribution < 1.29 is 13.2 Å². The first-order valence-corrected chi connectivity index (χ1v) is 15.3. The number of hydrogen-bond donors (Lipinski definition) is 2. The fourth-order valence-corrected chi connectivity index (χ4v) is 10.6. The lowest BCUT2D eigenvalue weighted by Gasteiger charge is -2.40. The highest BCUT2D eigenvalue weighted by Crippen LogP contribution is 2.64. The fraction of sp³-hybridized carbons (Fsp3) is 0.391. The molecule has 0 saturated heterocycles. The number of nitrogens with two attached hydrogens (primary N) is 1. The van der Waals surface area contributed by atoms with Gasteiger partial charge in [-0.2, -0.15) is 0 Å². The van der Waals surface area contributed by atoms with Crippen LogP contribution in [0, 0.1) is 17.8 Å². The molecule has 7 nitrogen and oxygen atoms in total. The van der Waals surface area contributed by atoms with Crippen LogP contribution in [0.2, 0.25) is 0 Å². The maximum absolute atomic E-state index is 13.1. The number of benzene rings is 1. The van der Waals surface area contributed by atoms with Crippen LogP contribution in [0.4, 0.5) is 5.69 Å². The standard InChI is InChI=1S/C23H23N3O4S4/c24-34(29,30)15-7-5-14(6-8-15)25-17(27)11-26-22-21(33-23(26)28)19(16-2-1-9-31-16)18-12-3-4-13(10-12)20(18)32-22/h1-2,5-9,12-13,18-20H,3-4,10-11H2,(H,25,27)(H2,24,29,30)/t12?,13?,18?,19-,20?/m1/s1. The lowest BCUT2D eigenvalue weighted by molar-refractivity contribution is -0.116. The Balaban J connectivity index is 1.29. The SMILES string of the molecule is NS(=O)(=O)c1ccc(NC(=O)Cn2c3c(sc2=O)[C@H](c2cccs2)C2C4CCC(C4)C2S3)cc1. The number of anilines is 1. The number of fused-ring (bicyclic) bond motifs is 6. The van der Waals surface area contributed by atoms with Crippen LogP contribution >= 0.6 is 34.4 Å². The largest absolute Gasteiger partial charge is 0.325 e. The minimum Gasteiger partial charge on any atom is -0.325 e. The fourth-order valence-electron chi connectivity index (χ4n) is 5.95. The van der Waals surface area contributed by atoms with E-state index in [1.807, 2.05) is 11.8 Å². The summed E-state index contributed by atoms with van der Waals surface area (Å²) in [6.45, 7) is -0.0722. The molecule has 4 unspecified atom stereocenters. The van der Waals surface area contributed by atoms with E-state index in [-0.39, 0.29) is 28.1 Å². The highest BCUT2D eigenvalue weighted by molar-refractivity contribution is 8.00. The topological polar surface area (TPSA) is 111 Å². The molecule has 0 radical (unpaired) electrons. The zero-order valence-electron chi connectivity index (χ0n) is 18.0. The summed E-state index contributed by atoms with van der Waals surface area (Å²) in [4.78, 5) is 28.2. The summed E-state index contributed by atoms with van der Waals surface area (Å²) in [5.74, 6) is 1.88. The van der Waals surface area contributed by atoms with Crippen LogP contribution in [0.5, 0.6) is 0 Å². The molecule has 2 aromatic heterocycles. The van der Waals surface area contributed by atoms with Crippen molar-refractivity contribution in [2.45, 2.75) is 46.9 Å². The smallest absolute Gasteiger partial charge is 0.308 e. The van der Waals surface area contributed by atoms with E-state index in [1.54, 1.807) is 15.9 Å². The molecular weight excluding hydrogens is 511 g/mol. The van der Waals surface area contributed by atoms with Crippen molar-refractivity contribution in [1.82, 2.24) is 4.57 Å². The number of amides is 1. The van der Waals surface area contributed by atoms with Crippen molar-refractivity contribution in [2.24, 2.45) is 22.9 Å². The molecule has 2 saturated carbocycles. The lowest BCUT2D eigenvalue weighted by Crippen LogP contribution is -2.34. The average molecular weight is 534 g/mol. The van der Waals surface area contributed by atoms with Crippen molar-refractivity contribution in [3.63, 3.8) is 0 Å².